The summed E-state index contributed by atoms with van der Waals surface area (Å²) in [6, 6.07) is 2.53. The highest BCUT2D eigenvalue weighted by atomic mass is 32.1. The molecule has 1 aromatic rings. The predicted octanol–water partition coefficient (Wildman–Crippen LogP) is 3.81. The topological polar surface area (TPSA) is 20.7 Å². The minimum absolute atomic E-state index is 0.145. The second-order valence-electron chi connectivity index (χ2n) is 4.89. The van der Waals surface area contributed by atoms with Crippen LogP contribution in [0.1, 0.15) is 52.8 Å². The summed E-state index contributed by atoms with van der Waals surface area (Å²) >= 11 is 5.32. The van der Waals surface area contributed by atoms with Crippen LogP contribution in [0.4, 0.5) is 0 Å². The molecule has 0 fully saturated rings. The third kappa shape index (κ3) is 2.27. The SMILES string of the molecule is CCC(C)n1[nH]c(C(C)(C)C)cc1=S. The van der Waals surface area contributed by atoms with Gasteiger partial charge < -0.3 is 5.10 Å². The first-order valence-corrected chi connectivity index (χ1v) is 5.59. The van der Waals surface area contributed by atoms with Crippen molar-refractivity contribution >= 4 is 12.2 Å². The maximum Gasteiger partial charge on any atom is 0.122 e. The molecule has 0 aliphatic rings. The molecule has 0 radical (unpaired) electrons. The zero-order valence-electron chi connectivity index (χ0n) is 9.72. The van der Waals surface area contributed by atoms with Crippen LogP contribution >= 0.6 is 12.2 Å². The number of nitrogens with zero attached hydrogens (tertiary/aromatic N) is 1. The third-order valence-corrected chi connectivity index (χ3v) is 2.90. The van der Waals surface area contributed by atoms with Crippen LogP contribution in [0.3, 0.4) is 0 Å². The number of H-pyrrole nitrogens is 1. The van der Waals surface area contributed by atoms with Crippen molar-refractivity contribution in [3.05, 3.63) is 16.4 Å². The summed E-state index contributed by atoms with van der Waals surface area (Å²) in [5, 5.41) is 3.38. The molecule has 1 unspecified atom stereocenters. The molecule has 0 aromatic carbocycles. The second kappa shape index (κ2) is 3.89. The van der Waals surface area contributed by atoms with Crippen molar-refractivity contribution in [2.24, 2.45) is 0 Å². The Morgan fingerprint density at radius 2 is 2.07 bits per heavy atom. The van der Waals surface area contributed by atoms with E-state index in [1.807, 2.05) is 0 Å². The van der Waals surface area contributed by atoms with Crippen LogP contribution < -0.4 is 0 Å². The average molecular weight is 212 g/mol. The fourth-order valence-electron chi connectivity index (χ4n) is 1.30. The van der Waals surface area contributed by atoms with Crippen molar-refractivity contribution in [2.45, 2.75) is 52.5 Å². The van der Waals surface area contributed by atoms with E-state index in [0.29, 0.717) is 6.04 Å². The summed E-state index contributed by atoms with van der Waals surface area (Å²) in [6.45, 7) is 10.9. The Labute approximate surface area is 91.3 Å². The Kier molecular flexibility index (Phi) is 3.20. The van der Waals surface area contributed by atoms with Crippen LogP contribution in [0.25, 0.3) is 0 Å². The average Bonchev–Trinajstić information content (AvgIpc) is 2.45. The largest absolute Gasteiger partial charge is 0.301 e. The summed E-state index contributed by atoms with van der Waals surface area (Å²) in [4.78, 5) is 0. The first-order chi connectivity index (χ1) is 6.36. The Bertz CT molecular complexity index is 354. The molecule has 0 bridgehead atoms. The number of nitrogens with one attached hydrogen (secondary N) is 1. The van der Waals surface area contributed by atoms with Crippen LogP contribution in [0, 0.1) is 4.64 Å². The van der Waals surface area contributed by atoms with Gasteiger partial charge in [0.1, 0.15) is 4.64 Å². The molecule has 1 aromatic heterocycles. The number of hydrogen-bond acceptors (Lipinski definition) is 1. The Morgan fingerprint density at radius 1 is 1.50 bits per heavy atom. The van der Waals surface area contributed by atoms with Crippen LogP contribution in [0.2, 0.25) is 0 Å². The van der Waals surface area contributed by atoms with Crippen molar-refractivity contribution in [3.63, 3.8) is 0 Å². The number of hydrogen-bond donors (Lipinski definition) is 1. The molecule has 1 N–H and O–H groups in total. The Hall–Kier alpha value is -0.570. The molecule has 1 atom stereocenters. The van der Waals surface area contributed by atoms with Crippen LogP contribution in [-0.4, -0.2) is 9.78 Å². The molecule has 80 valence electrons. The van der Waals surface area contributed by atoms with E-state index >= 15 is 0 Å². The third-order valence-electron chi connectivity index (χ3n) is 2.59. The van der Waals surface area contributed by atoms with E-state index < -0.39 is 0 Å². The lowest BCUT2D eigenvalue weighted by Gasteiger charge is -2.17. The van der Waals surface area contributed by atoms with Gasteiger partial charge in [0.15, 0.2) is 0 Å². The molecule has 1 heterocycles. The predicted molar refractivity (Wildman–Crippen MR) is 63.3 cm³/mol. The van der Waals surface area contributed by atoms with E-state index in [4.69, 9.17) is 12.2 Å². The molecule has 0 spiro atoms. The molecule has 0 saturated heterocycles. The van der Waals surface area contributed by atoms with E-state index in [-0.39, 0.29) is 5.41 Å². The normalized spacial score (nSPS) is 14.4. The van der Waals surface area contributed by atoms with Gasteiger partial charge in [0.2, 0.25) is 0 Å². The van der Waals surface area contributed by atoms with Crippen molar-refractivity contribution in [1.82, 2.24) is 9.78 Å². The summed E-state index contributed by atoms with van der Waals surface area (Å²) in [5.41, 5.74) is 1.36. The molecule has 0 aliphatic heterocycles. The highest BCUT2D eigenvalue weighted by Crippen LogP contribution is 2.22. The van der Waals surface area contributed by atoms with Crippen molar-refractivity contribution in [3.8, 4) is 0 Å². The fourth-order valence-corrected chi connectivity index (χ4v) is 1.65. The van der Waals surface area contributed by atoms with Gasteiger partial charge in [0, 0.05) is 17.2 Å². The van der Waals surface area contributed by atoms with Crippen LogP contribution in [-0.2, 0) is 5.41 Å². The van der Waals surface area contributed by atoms with E-state index in [9.17, 15) is 0 Å². The monoisotopic (exact) mass is 212 g/mol. The highest BCUT2D eigenvalue weighted by molar-refractivity contribution is 7.71. The smallest absolute Gasteiger partial charge is 0.122 e. The lowest BCUT2D eigenvalue weighted by atomic mass is 9.93. The van der Waals surface area contributed by atoms with E-state index in [1.165, 1.54) is 5.69 Å². The molecule has 2 nitrogen and oxygen atoms in total. The maximum absolute atomic E-state index is 5.32. The molecular weight excluding hydrogens is 192 g/mol. The van der Waals surface area contributed by atoms with Gasteiger partial charge in [0.25, 0.3) is 0 Å². The summed E-state index contributed by atoms with van der Waals surface area (Å²) < 4.78 is 2.99. The maximum atomic E-state index is 5.32. The molecule has 0 aliphatic carbocycles. The van der Waals surface area contributed by atoms with E-state index in [0.717, 1.165) is 11.1 Å². The molecule has 0 amide bonds. The molecule has 14 heavy (non-hydrogen) atoms. The van der Waals surface area contributed by atoms with Crippen molar-refractivity contribution in [1.29, 1.82) is 0 Å². The van der Waals surface area contributed by atoms with Gasteiger partial charge in [-0.1, -0.05) is 39.9 Å². The number of rotatable bonds is 2. The zero-order chi connectivity index (χ0) is 10.9. The minimum Gasteiger partial charge on any atom is -0.301 e. The van der Waals surface area contributed by atoms with Crippen LogP contribution in [0.5, 0.6) is 0 Å². The summed E-state index contributed by atoms with van der Waals surface area (Å²) in [6.07, 6.45) is 1.10. The standard InChI is InChI=1S/C11H20N2S/c1-6-8(2)13-10(14)7-9(12-13)11(3,4)5/h7-8,12H,6H2,1-5H3. The Balaban J connectivity index is 3.12. The molecule has 3 heteroatoms. The van der Waals surface area contributed by atoms with Gasteiger partial charge in [-0.25, -0.2) is 0 Å². The molecule has 1 rings (SSSR count). The second-order valence-corrected chi connectivity index (χ2v) is 5.30. The first-order valence-electron chi connectivity index (χ1n) is 5.18. The van der Waals surface area contributed by atoms with E-state index in [2.05, 4.69) is 50.5 Å². The van der Waals surface area contributed by atoms with Gasteiger partial charge in [0.05, 0.1) is 0 Å². The molecular formula is C11H20N2S. The summed E-state index contributed by atoms with van der Waals surface area (Å²) in [7, 11) is 0. The van der Waals surface area contributed by atoms with Gasteiger partial charge in [-0.15, -0.1) is 0 Å². The summed E-state index contributed by atoms with van der Waals surface area (Å²) in [5.74, 6) is 0. The number of aromatic nitrogens is 2. The molecule has 0 saturated carbocycles. The zero-order valence-corrected chi connectivity index (χ0v) is 10.5. The van der Waals surface area contributed by atoms with Gasteiger partial charge in [-0.3, -0.25) is 4.68 Å². The fraction of sp³-hybridized carbons (Fsp3) is 0.727. The minimum atomic E-state index is 0.145. The lowest BCUT2D eigenvalue weighted by Crippen LogP contribution is -2.14. The number of aromatic amines is 1. The first kappa shape index (κ1) is 11.5. The van der Waals surface area contributed by atoms with E-state index in [1.54, 1.807) is 0 Å². The van der Waals surface area contributed by atoms with Crippen molar-refractivity contribution < 1.29 is 0 Å². The van der Waals surface area contributed by atoms with Gasteiger partial charge in [-0.05, 0) is 19.4 Å². The lowest BCUT2D eigenvalue weighted by molar-refractivity contribution is 0.454. The quantitative estimate of drug-likeness (QED) is 0.739. The van der Waals surface area contributed by atoms with Gasteiger partial charge in [-0.2, -0.15) is 0 Å². The van der Waals surface area contributed by atoms with Crippen molar-refractivity contribution in [2.75, 3.05) is 0 Å². The van der Waals surface area contributed by atoms with Gasteiger partial charge >= 0.3 is 0 Å². The van der Waals surface area contributed by atoms with Crippen LogP contribution in [0.15, 0.2) is 6.07 Å². The Morgan fingerprint density at radius 3 is 2.43 bits per heavy atom. The highest BCUT2D eigenvalue weighted by Gasteiger charge is 2.17.